The number of hydrogen-bond donors (Lipinski definition) is 0. The molecule has 3 rings (SSSR count). The first-order valence-corrected chi connectivity index (χ1v) is 9.48. The highest BCUT2D eigenvalue weighted by atomic mass is 14.3. The predicted molar refractivity (Wildman–Crippen MR) is 115 cm³/mol. The summed E-state index contributed by atoms with van der Waals surface area (Å²) < 4.78 is 0. The molecule has 0 unspecified atom stereocenters. The third-order valence-electron chi connectivity index (χ3n) is 4.90. The summed E-state index contributed by atoms with van der Waals surface area (Å²) in [5.74, 6) is 0. The van der Waals surface area contributed by atoms with Crippen LogP contribution in [0.5, 0.6) is 0 Å². The van der Waals surface area contributed by atoms with Crippen LogP contribution in [0.2, 0.25) is 0 Å². The fourth-order valence-electron chi connectivity index (χ4n) is 3.72. The second kappa shape index (κ2) is 6.76. The summed E-state index contributed by atoms with van der Waals surface area (Å²) in [5.41, 5.74) is 8.27. The van der Waals surface area contributed by atoms with Crippen LogP contribution in [-0.4, -0.2) is 0 Å². The van der Waals surface area contributed by atoms with Gasteiger partial charge in [0.25, 0.3) is 0 Å². The summed E-state index contributed by atoms with van der Waals surface area (Å²) in [6.07, 6.45) is 0. The maximum absolute atomic E-state index is 2.33. The van der Waals surface area contributed by atoms with Crippen LogP contribution in [0.15, 0.2) is 72.8 Å². The lowest BCUT2D eigenvalue weighted by Crippen LogP contribution is -2.23. The van der Waals surface area contributed by atoms with Gasteiger partial charge in [-0.1, -0.05) is 108 Å². The first-order valence-electron chi connectivity index (χ1n) is 9.48. The Morgan fingerprint density at radius 3 is 1.69 bits per heavy atom. The molecule has 0 bridgehead atoms. The molecule has 0 nitrogen and oxygen atoms in total. The van der Waals surface area contributed by atoms with Crippen molar-refractivity contribution in [3.8, 4) is 22.3 Å². The second-order valence-corrected chi connectivity index (χ2v) is 9.17. The zero-order valence-corrected chi connectivity index (χ0v) is 16.9. The highest BCUT2D eigenvalue weighted by Crippen LogP contribution is 2.41. The molecule has 134 valence electrons. The third kappa shape index (κ3) is 3.75. The molecule has 0 saturated heterocycles. The van der Waals surface area contributed by atoms with Crippen molar-refractivity contribution < 1.29 is 0 Å². The lowest BCUT2D eigenvalue weighted by molar-refractivity contribution is 0.531. The van der Waals surface area contributed by atoms with Crippen LogP contribution in [0.3, 0.4) is 0 Å². The van der Waals surface area contributed by atoms with Crippen LogP contribution in [0.4, 0.5) is 0 Å². The lowest BCUT2D eigenvalue weighted by atomic mass is 9.72. The minimum absolute atomic E-state index is 0.0853. The Bertz CT molecular complexity index is 887. The molecule has 0 heterocycles. The Morgan fingerprint density at radius 2 is 1.08 bits per heavy atom. The molecular formula is C26H30. The topological polar surface area (TPSA) is 0 Å². The summed E-state index contributed by atoms with van der Waals surface area (Å²) in [4.78, 5) is 0. The number of benzene rings is 3. The van der Waals surface area contributed by atoms with E-state index in [4.69, 9.17) is 0 Å². The normalized spacial score (nSPS) is 12.2. The minimum Gasteiger partial charge on any atom is -0.0622 e. The zero-order chi connectivity index (χ0) is 18.9. The summed E-state index contributed by atoms with van der Waals surface area (Å²) >= 11 is 0. The van der Waals surface area contributed by atoms with E-state index in [1.165, 1.54) is 33.4 Å². The van der Waals surface area contributed by atoms with Gasteiger partial charge in [0, 0.05) is 0 Å². The highest BCUT2D eigenvalue weighted by Gasteiger charge is 2.27. The Hall–Kier alpha value is -2.34. The molecule has 26 heavy (non-hydrogen) atoms. The number of hydrogen-bond acceptors (Lipinski definition) is 0. The van der Waals surface area contributed by atoms with Crippen LogP contribution in [0.25, 0.3) is 22.3 Å². The minimum atomic E-state index is 0.0853. The predicted octanol–water partition coefficient (Wildman–Crippen LogP) is 7.62. The van der Waals surface area contributed by atoms with Crippen molar-refractivity contribution in [3.63, 3.8) is 0 Å². The molecule has 0 radical (unpaired) electrons. The van der Waals surface area contributed by atoms with Crippen LogP contribution in [0.1, 0.15) is 52.7 Å². The molecule has 0 spiro atoms. The molecule has 3 aromatic rings. The summed E-state index contributed by atoms with van der Waals surface area (Å²) in [7, 11) is 0. The molecule has 0 fully saturated rings. The molecule has 0 heteroatoms. The SMILES string of the molecule is CC(C)(C)c1cccc(-c2cccc(-c3ccccc3)c2)c1C(C)(C)C. The highest BCUT2D eigenvalue weighted by molar-refractivity contribution is 5.76. The Labute approximate surface area is 158 Å². The Morgan fingerprint density at radius 1 is 0.500 bits per heavy atom. The van der Waals surface area contributed by atoms with Crippen LogP contribution in [-0.2, 0) is 10.8 Å². The average molecular weight is 343 g/mol. The largest absolute Gasteiger partial charge is 0.0622 e. The van der Waals surface area contributed by atoms with Gasteiger partial charge in [-0.2, -0.15) is 0 Å². The first kappa shape index (κ1) is 18.5. The van der Waals surface area contributed by atoms with Gasteiger partial charge < -0.3 is 0 Å². The van der Waals surface area contributed by atoms with Gasteiger partial charge in [0.2, 0.25) is 0 Å². The molecule has 3 aromatic carbocycles. The molecule has 0 aliphatic carbocycles. The van der Waals surface area contributed by atoms with Crippen molar-refractivity contribution in [1.29, 1.82) is 0 Å². The van der Waals surface area contributed by atoms with Crippen LogP contribution < -0.4 is 0 Å². The fraction of sp³-hybridized carbons (Fsp3) is 0.308. The smallest absolute Gasteiger partial charge is 0.0123 e. The molecule has 0 atom stereocenters. The summed E-state index contributed by atoms with van der Waals surface area (Å²) in [6.45, 7) is 13.9. The summed E-state index contributed by atoms with van der Waals surface area (Å²) in [6, 6.07) is 26.3. The van der Waals surface area contributed by atoms with Gasteiger partial charge in [0.1, 0.15) is 0 Å². The van der Waals surface area contributed by atoms with E-state index in [1.807, 2.05) is 0 Å². The van der Waals surface area contributed by atoms with E-state index < -0.39 is 0 Å². The molecule has 0 saturated carbocycles. The molecule has 0 N–H and O–H groups in total. The van der Waals surface area contributed by atoms with E-state index in [1.54, 1.807) is 0 Å². The van der Waals surface area contributed by atoms with Crippen molar-refractivity contribution in [2.24, 2.45) is 0 Å². The number of rotatable bonds is 2. The molecule has 0 aliphatic rings. The van der Waals surface area contributed by atoms with Crippen molar-refractivity contribution in [1.82, 2.24) is 0 Å². The van der Waals surface area contributed by atoms with E-state index in [0.29, 0.717) is 0 Å². The maximum Gasteiger partial charge on any atom is -0.0123 e. The first-order chi connectivity index (χ1) is 12.2. The zero-order valence-electron chi connectivity index (χ0n) is 16.9. The second-order valence-electron chi connectivity index (χ2n) is 9.17. The van der Waals surface area contributed by atoms with Crippen molar-refractivity contribution in [3.05, 3.63) is 83.9 Å². The summed E-state index contributed by atoms with van der Waals surface area (Å²) in [5, 5.41) is 0. The van der Waals surface area contributed by atoms with Gasteiger partial charge in [-0.25, -0.2) is 0 Å². The Balaban J connectivity index is 2.22. The van der Waals surface area contributed by atoms with E-state index in [-0.39, 0.29) is 10.8 Å². The maximum atomic E-state index is 2.33. The van der Waals surface area contributed by atoms with E-state index in [0.717, 1.165) is 0 Å². The average Bonchev–Trinajstić information content (AvgIpc) is 2.60. The van der Waals surface area contributed by atoms with Crippen molar-refractivity contribution in [2.75, 3.05) is 0 Å². The van der Waals surface area contributed by atoms with E-state index in [2.05, 4.69) is 114 Å². The van der Waals surface area contributed by atoms with Crippen LogP contribution >= 0.6 is 0 Å². The fourth-order valence-corrected chi connectivity index (χ4v) is 3.72. The van der Waals surface area contributed by atoms with Gasteiger partial charge in [-0.05, 0) is 50.3 Å². The van der Waals surface area contributed by atoms with Crippen molar-refractivity contribution in [2.45, 2.75) is 52.4 Å². The third-order valence-corrected chi connectivity index (χ3v) is 4.90. The molecule has 0 aromatic heterocycles. The lowest BCUT2D eigenvalue weighted by Gasteiger charge is -2.32. The van der Waals surface area contributed by atoms with Gasteiger partial charge in [-0.3, -0.25) is 0 Å². The van der Waals surface area contributed by atoms with Gasteiger partial charge in [-0.15, -0.1) is 0 Å². The molecular weight excluding hydrogens is 312 g/mol. The van der Waals surface area contributed by atoms with E-state index >= 15 is 0 Å². The van der Waals surface area contributed by atoms with E-state index in [9.17, 15) is 0 Å². The van der Waals surface area contributed by atoms with Gasteiger partial charge in [0.05, 0.1) is 0 Å². The van der Waals surface area contributed by atoms with Gasteiger partial charge >= 0.3 is 0 Å². The molecule has 0 amide bonds. The van der Waals surface area contributed by atoms with Crippen LogP contribution in [0, 0.1) is 0 Å². The molecule has 0 aliphatic heterocycles. The van der Waals surface area contributed by atoms with Gasteiger partial charge in [0.15, 0.2) is 0 Å². The standard InChI is InChI=1S/C26H30/c1-25(2,3)23-17-11-16-22(24(23)26(4,5)6)21-15-10-14-20(18-21)19-12-8-7-9-13-19/h7-18H,1-6H3. The monoisotopic (exact) mass is 342 g/mol. The Kier molecular flexibility index (Phi) is 4.80. The van der Waals surface area contributed by atoms with Crippen molar-refractivity contribution >= 4 is 0 Å². The quantitative estimate of drug-likeness (QED) is 0.449.